The van der Waals surface area contributed by atoms with E-state index in [1.165, 1.54) is 5.56 Å². The third-order valence-corrected chi connectivity index (χ3v) is 6.48. The number of hydrogen-bond acceptors (Lipinski definition) is 4. The van der Waals surface area contributed by atoms with Crippen LogP contribution in [0.5, 0.6) is 5.75 Å². The van der Waals surface area contributed by atoms with E-state index in [-0.39, 0.29) is 11.6 Å². The van der Waals surface area contributed by atoms with Gasteiger partial charge in [-0.05, 0) is 61.8 Å². The average molecular weight is 373 g/mol. The molecule has 2 heterocycles. The van der Waals surface area contributed by atoms with Gasteiger partial charge in [0, 0.05) is 32.8 Å². The fourth-order valence-corrected chi connectivity index (χ4v) is 4.66. The Bertz CT molecular complexity index is 660. The smallest absolute Gasteiger partial charge is 0.317 e. The molecule has 2 amide bonds. The van der Waals surface area contributed by atoms with Gasteiger partial charge in [-0.15, -0.1) is 0 Å². The molecular weight excluding hydrogens is 342 g/mol. The van der Waals surface area contributed by atoms with Crippen molar-refractivity contribution in [2.75, 3.05) is 46.5 Å². The lowest BCUT2D eigenvalue weighted by atomic mass is 9.85. The largest absolute Gasteiger partial charge is 0.497 e. The van der Waals surface area contributed by atoms with E-state index in [4.69, 9.17) is 9.47 Å². The first kappa shape index (κ1) is 18.6. The normalized spacial score (nSPS) is 27.1. The monoisotopic (exact) mass is 373 g/mol. The van der Waals surface area contributed by atoms with Crippen molar-refractivity contribution in [2.24, 2.45) is 5.92 Å². The Morgan fingerprint density at radius 2 is 2.19 bits per heavy atom. The minimum atomic E-state index is -0.0401. The van der Waals surface area contributed by atoms with Crippen LogP contribution in [0.15, 0.2) is 24.3 Å². The first-order valence-electron chi connectivity index (χ1n) is 10.2. The molecule has 1 saturated carbocycles. The Hall–Kier alpha value is -1.79. The molecule has 0 unspecified atom stereocenters. The van der Waals surface area contributed by atoms with Gasteiger partial charge in [-0.3, -0.25) is 0 Å². The molecule has 1 aromatic carbocycles. The maximum Gasteiger partial charge on any atom is 0.317 e. The molecule has 0 aromatic heterocycles. The molecule has 148 valence electrons. The molecule has 1 aliphatic carbocycles. The third-order valence-electron chi connectivity index (χ3n) is 6.48. The van der Waals surface area contributed by atoms with E-state index in [9.17, 15) is 4.79 Å². The molecule has 1 spiro atoms. The number of carbonyl (C=O) groups is 1. The van der Waals surface area contributed by atoms with Crippen molar-refractivity contribution in [1.29, 1.82) is 0 Å². The van der Waals surface area contributed by atoms with E-state index in [2.05, 4.69) is 27.7 Å². The number of rotatable bonds is 4. The first-order valence-corrected chi connectivity index (χ1v) is 10.2. The minimum Gasteiger partial charge on any atom is -0.497 e. The maximum atomic E-state index is 13.0. The van der Waals surface area contributed by atoms with E-state index in [1.807, 2.05) is 12.1 Å². The molecule has 3 aliphatic rings. The lowest BCUT2D eigenvalue weighted by molar-refractivity contribution is -0.00894. The van der Waals surface area contributed by atoms with Crippen molar-refractivity contribution >= 4 is 6.03 Å². The van der Waals surface area contributed by atoms with Gasteiger partial charge in [-0.25, -0.2) is 4.79 Å². The van der Waals surface area contributed by atoms with E-state index < -0.39 is 0 Å². The summed E-state index contributed by atoms with van der Waals surface area (Å²) in [7, 11) is 1.70. The highest BCUT2D eigenvalue weighted by Crippen LogP contribution is 2.47. The van der Waals surface area contributed by atoms with Crippen molar-refractivity contribution in [3.05, 3.63) is 29.8 Å². The van der Waals surface area contributed by atoms with Crippen molar-refractivity contribution in [3.63, 3.8) is 0 Å². The van der Waals surface area contributed by atoms with Crippen molar-refractivity contribution in [1.82, 2.24) is 15.5 Å². The maximum absolute atomic E-state index is 13.0. The van der Waals surface area contributed by atoms with Crippen molar-refractivity contribution in [3.8, 4) is 5.75 Å². The predicted molar refractivity (Wildman–Crippen MR) is 104 cm³/mol. The summed E-state index contributed by atoms with van der Waals surface area (Å²) in [5.41, 5.74) is 1.27. The van der Waals surface area contributed by atoms with Gasteiger partial charge < -0.3 is 25.0 Å². The molecule has 0 radical (unpaired) electrons. The van der Waals surface area contributed by atoms with Crippen molar-refractivity contribution < 1.29 is 14.3 Å². The fraction of sp³-hybridized carbons (Fsp3) is 0.667. The van der Waals surface area contributed by atoms with Crippen LogP contribution in [-0.4, -0.2) is 63.0 Å². The Labute approximate surface area is 161 Å². The van der Waals surface area contributed by atoms with E-state index in [0.717, 1.165) is 70.8 Å². The highest BCUT2D eigenvalue weighted by molar-refractivity contribution is 5.75. The van der Waals surface area contributed by atoms with E-state index in [1.54, 1.807) is 7.11 Å². The summed E-state index contributed by atoms with van der Waals surface area (Å²) >= 11 is 0. The molecule has 2 N–H and O–H groups in total. The number of urea groups is 1. The quantitative estimate of drug-likeness (QED) is 0.851. The molecule has 2 saturated heterocycles. The number of ether oxygens (including phenoxy) is 2. The standard InChI is InChI=1S/C21H31N3O3/c1-26-18-4-2-3-16(13-18)19-14-17(19)15-23-20(25)24-10-9-22-8-5-21(24)6-11-27-12-7-21/h2-4,13,17,19,22H,5-12,14-15H2,1H3,(H,23,25)/t17-,19-/m0/s1. The van der Waals surface area contributed by atoms with Crippen LogP contribution in [0.2, 0.25) is 0 Å². The van der Waals surface area contributed by atoms with Gasteiger partial charge in [0.2, 0.25) is 0 Å². The molecule has 6 heteroatoms. The Morgan fingerprint density at radius 1 is 1.33 bits per heavy atom. The number of hydrogen-bond donors (Lipinski definition) is 2. The number of nitrogens with zero attached hydrogens (tertiary/aromatic N) is 1. The zero-order valence-electron chi connectivity index (χ0n) is 16.2. The van der Waals surface area contributed by atoms with Gasteiger partial charge in [-0.2, -0.15) is 0 Å². The third kappa shape index (κ3) is 4.06. The number of amides is 2. The Balaban J connectivity index is 1.34. The molecular formula is C21H31N3O3. The van der Waals surface area contributed by atoms with Gasteiger partial charge in [-0.1, -0.05) is 12.1 Å². The van der Waals surface area contributed by atoms with Gasteiger partial charge in [0.25, 0.3) is 0 Å². The van der Waals surface area contributed by atoms with Crippen LogP contribution in [0, 0.1) is 5.92 Å². The summed E-state index contributed by atoms with van der Waals surface area (Å²) in [6, 6.07) is 8.39. The second-order valence-corrected chi connectivity index (χ2v) is 8.05. The number of carbonyl (C=O) groups excluding carboxylic acids is 1. The Morgan fingerprint density at radius 3 is 3.00 bits per heavy atom. The summed E-state index contributed by atoms with van der Waals surface area (Å²) < 4.78 is 10.9. The minimum absolute atomic E-state index is 0.0401. The van der Waals surface area contributed by atoms with Crippen LogP contribution in [0.3, 0.4) is 0 Å². The highest BCUT2D eigenvalue weighted by atomic mass is 16.5. The second-order valence-electron chi connectivity index (χ2n) is 8.05. The van der Waals surface area contributed by atoms with Gasteiger partial charge in [0.15, 0.2) is 0 Å². The molecule has 1 aromatic rings. The summed E-state index contributed by atoms with van der Waals surface area (Å²) in [5, 5.41) is 6.68. The fourth-order valence-electron chi connectivity index (χ4n) is 4.66. The molecule has 27 heavy (non-hydrogen) atoms. The summed E-state index contributed by atoms with van der Waals surface area (Å²) in [6.45, 7) is 4.87. The van der Waals surface area contributed by atoms with Crippen LogP contribution in [0.25, 0.3) is 0 Å². The molecule has 2 aliphatic heterocycles. The lowest BCUT2D eigenvalue weighted by Crippen LogP contribution is -2.58. The summed E-state index contributed by atoms with van der Waals surface area (Å²) in [4.78, 5) is 15.1. The van der Waals surface area contributed by atoms with Crippen LogP contribution < -0.4 is 15.4 Å². The molecule has 3 fully saturated rings. The first-order chi connectivity index (χ1) is 13.2. The topological polar surface area (TPSA) is 62.8 Å². The zero-order valence-corrected chi connectivity index (χ0v) is 16.2. The average Bonchev–Trinajstić information content (AvgIpc) is 3.51. The molecule has 6 nitrogen and oxygen atoms in total. The number of methoxy groups -OCH3 is 1. The zero-order chi connectivity index (χ0) is 18.7. The van der Waals surface area contributed by atoms with Crippen LogP contribution >= 0.6 is 0 Å². The summed E-state index contributed by atoms with van der Waals surface area (Å²) in [5.74, 6) is 1.96. The van der Waals surface area contributed by atoms with Crippen LogP contribution in [0.1, 0.15) is 37.2 Å². The number of nitrogens with one attached hydrogen (secondary N) is 2. The molecule has 2 atom stereocenters. The summed E-state index contributed by atoms with van der Waals surface area (Å²) in [6.07, 6.45) is 4.03. The van der Waals surface area contributed by atoms with Gasteiger partial charge >= 0.3 is 6.03 Å². The van der Waals surface area contributed by atoms with Gasteiger partial charge in [0.05, 0.1) is 12.6 Å². The lowest BCUT2D eigenvalue weighted by Gasteiger charge is -2.45. The van der Waals surface area contributed by atoms with E-state index in [0.29, 0.717) is 11.8 Å². The van der Waals surface area contributed by atoms with Crippen LogP contribution in [0.4, 0.5) is 4.79 Å². The second kappa shape index (κ2) is 8.07. The van der Waals surface area contributed by atoms with Gasteiger partial charge in [0.1, 0.15) is 5.75 Å². The SMILES string of the molecule is COc1cccc([C@@H]2C[C@H]2CNC(=O)N2CCNCCC23CCOCC3)c1. The Kier molecular flexibility index (Phi) is 5.55. The molecule has 4 rings (SSSR count). The highest BCUT2D eigenvalue weighted by Gasteiger charge is 2.43. The van der Waals surface area contributed by atoms with Crippen molar-refractivity contribution in [2.45, 2.75) is 37.1 Å². The molecule has 0 bridgehead atoms. The van der Waals surface area contributed by atoms with E-state index >= 15 is 0 Å². The number of benzene rings is 1. The van der Waals surface area contributed by atoms with Crippen LogP contribution in [-0.2, 0) is 4.74 Å². The predicted octanol–water partition coefficient (Wildman–Crippen LogP) is 2.35.